The molecule has 3 heteroatoms. The van der Waals surface area contributed by atoms with Crippen molar-refractivity contribution in [2.75, 3.05) is 0 Å². The largest absolute Gasteiger partial charge is 0.547 e. The summed E-state index contributed by atoms with van der Waals surface area (Å²) in [6.07, 6.45) is 6.17. The Labute approximate surface area is 92.6 Å². The third kappa shape index (κ3) is 2.88. The Hall–Kier alpha value is 0.0539. The maximum absolute atomic E-state index is 5.69. The van der Waals surface area contributed by atoms with Gasteiger partial charge in [0.25, 0.3) is 0 Å². The number of allylic oxidation sites excluding steroid dienone is 1. The van der Waals surface area contributed by atoms with Gasteiger partial charge in [0.2, 0.25) is 0 Å². The minimum atomic E-state index is 0. The standard InChI is InChI=1S/C8H10N2.Y/c1-7(2)8(3)10-5-4-9-6-10;/h3-5,7H,1-2H3;/q-2;. The van der Waals surface area contributed by atoms with Crippen molar-refractivity contribution in [2.45, 2.75) is 13.8 Å². The molecular weight excluding hydrogens is 213 g/mol. The van der Waals surface area contributed by atoms with Crippen LogP contribution in [0.1, 0.15) is 13.8 Å². The first-order valence-corrected chi connectivity index (χ1v) is 3.25. The summed E-state index contributed by atoms with van der Waals surface area (Å²) in [5, 5.41) is 0. The summed E-state index contributed by atoms with van der Waals surface area (Å²) in [6, 6.07) is 0. The van der Waals surface area contributed by atoms with Gasteiger partial charge in [0.1, 0.15) is 0 Å². The predicted molar refractivity (Wildman–Crippen MR) is 39.9 cm³/mol. The van der Waals surface area contributed by atoms with E-state index in [0.717, 1.165) is 5.70 Å². The first-order valence-electron chi connectivity index (χ1n) is 3.25. The van der Waals surface area contributed by atoms with Crippen molar-refractivity contribution in [1.82, 2.24) is 9.55 Å². The second-order valence-corrected chi connectivity index (χ2v) is 2.48. The molecule has 0 N–H and O–H groups in total. The minimum Gasteiger partial charge on any atom is -0.547 e. The molecule has 0 fully saturated rings. The molecule has 1 radical (unpaired) electrons. The Morgan fingerprint density at radius 1 is 1.64 bits per heavy atom. The SMILES string of the molecule is [CH-]=C(C(C)C)n1[c-]ncc1.[Y]. The van der Waals surface area contributed by atoms with Gasteiger partial charge in [0, 0.05) is 39.0 Å². The van der Waals surface area contributed by atoms with Crippen LogP contribution in [0.3, 0.4) is 0 Å². The normalized spacial score (nSPS) is 9.36. The Morgan fingerprint density at radius 3 is 2.64 bits per heavy atom. The summed E-state index contributed by atoms with van der Waals surface area (Å²) < 4.78 is 1.70. The van der Waals surface area contributed by atoms with E-state index in [0.29, 0.717) is 5.92 Å². The maximum Gasteiger partial charge on any atom is 0.0381 e. The molecule has 1 heterocycles. The van der Waals surface area contributed by atoms with Crippen LogP contribution in [-0.4, -0.2) is 9.55 Å². The van der Waals surface area contributed by atoms with Crippen molar-refractivity contribution in [2.24, 2.45) is 5.92 Å². The fraction of sp³-hybridized carbons (Fsp3) is 0.375. The van der Waals surface area contributed by atoms with E-state index >= 15 is 0 Å². The molecule has 0 spiro atoms. The molecule has 0 saturated carbocycles. The van der Waals surface area contributed by atoms with Gasteiger partial charge in [0.15, 0.2) is 0 Å². The molecule has 0 amide bonds. The molecule has 0 atom stereocenters. The van der Waals surface area contributed by atoms with Crippen LogP contribution in [0, 0.1) is 18.8 Å². The third-order valence-corrected chi connectivity index (χ3v) is 1.33. The fourth-order valence-electron chi connectivity index (χ4n) is 0.651. The molecule has 0 bridgehead atoms. The average molecular weight is 223 g/mol. The molecule has 2 nitrogen and oxygen atoms in total. The maximum atomic E-state index is 5.69. The van der Waals surface area contributed by atoms with Crippen molar-refractivity contribution in [1.29, 1.82) is 0 Å². The third-order valence-electron chi connectivity index (χ3n) is 1.33. The monoisotopic (exact) mass is 223 g/mol. The van der Waals surface area contributed by atoms with Gasteiger partial charge in [-0.3, -0.25) is 0 Å². The van der Waals surface area contributed by atoms with E-state index in [1.54, 1.807) is 17.0 Å². The summed E-state index contributed by atoms with van der Waals surface area (Å²) in [4.78, 5) is 3.76. The van der Waals surface area contributed by atoms with Gasteiger partial charge in [-0.15, -0.1) is 0 Å². The Bertz CT molecular complexity index is 214. The Morgan fingerprint density at radius 2 is 2.27 bits per heavy atom. The van der Waals surface area contributed by atoms with Crippen LogP contribution < -0.4 is 0 Å². The van der Waals surface area contributed by atoms with E-state index in [-0.39, 0.29) is 32.7 Å². The van der Waals surface area contributed by atoms with Crippen LogP contribution in [0.5, 0.6) is 0 Å². The van der Waals surface area contributed by atoms with Gasteiger partial charge in [0.05, 0.1) is 0 Å². The zero-order valence-electron chi connectivity index (χ0n) is 6.78. The van der Waals surface area contributed by atoms with Crippen molar-refractivity contribution in [3.05, 3.63) is 25.3 Å². The topological polar surface area (TPSA) is 17.8 Å². The van der Waals surface area contributed by atoms with Gasteiger partial charge in [-0.1, -0.05) is 32.2 Å². The van der Waals surface area contributed by atoms with Gasteiger partial charge >= 0.3 is 0 Å². The molecule has 57 valence electrons. The van der Waals surface area contributed by atoms with Crippen molar-refractivity contribution in [3.8, 4) is 0 Å². The van der Waals surface area contributed by atoms with Crippen LogP contribution >= 0.6 is 0 Å². The summed E-state index contributed by atoms with van der Waals surface area (Å²) in [5.74, 6) is 0.338. The molecule has 0 aliphatic rings. The van der Waals surface area contributed by atoms with Gasteiger partial charge < -0.3 is 16.1 Å². The van der Waals surface area contributed by atoms with E-state index in [9.17, 15) is 0 Å². The molecule has 0 aromatic carbocycles. The molecule has 0 aliphatic heterocycles. The first-order chi connectivity index (χ1) is 4.72. The number of imidazole rings is 1. The van der Waals surface area contributed by atoms with Crippen LogP contribution in [0.25, 0.3) is 5.70 Å². The zero-order chi connectivity index (χ0) is 7.56. The zero-order valence-corrected chi connectivity index (χ0v) is 9.62. The number of rotatable bonds is 2. The fourth-order valence-corrected chi connectivity index (χ4v) is 0.651. The van der Waals surface area contributed by atoms with Crippen LogP contribution in [-0.2, 0) is 32.7 Å². The average Bonchev–Trinajstić information content (AvgIpc) is 2.36. The van der Waals surface area contributed by atoms with E-state index in [4.69, 9.17) is 6.58 Å². The second kappa shape index (κ2) is 4.84. The van der Waals surface area contributed by atoms with Crippen LogP contribution in [0.2, 0.25) is 0 Å². The Kier molecular flexibility index (Phi) is 4.86. The smallest absolute Gasteiger partial charge is 0.0381 e. The second-order valence-electron chi connectivity index (χ2n) is 2.48. The quantitative estimate of drug-likeness (QED) is 0.696. The molecule has 1 aromatic rings. The molecule has 11 heavy (non-hydrogen) atoms. The Balaban J connectivity index is 0.000001000. The van der Waals surface area contributed by atoms with E-state index < -0.39 is 0 Å². The first kappa shape index (κ1) is 11.1. The van der Waals surface area contributed by atoms with E-state index in [2.05, 4.69) is 11.3 Å². The van der Waals surface area contributed by atoms with Crippen molar-refractivity contribution < 1.29 is 32.7 Å². The molecule has 1 rings (SSSR count). The number of aromatic nitrogens is 2. The number of nitrogens with zero attached hydrogens (tertiary/aromatic N) is 2. The van der Waals surface area contributed by atoms with E-state index in [1.165, 1.54) is 0 Å². The van der Waals surface area contributed by atoms with Crippen molar-refractivity contribution >= 4 is 5.70 Å². The van der Waals surface area contributed by atoms with E-state index in [1.807, 2.05) is 13.8 Å². The van der Waals surface area contributed by atoms with Crippen molar-refractivity contribution in [3.63, 3.8) is 0 Å². The number of hydrogen-bond donors (Lipinski definition) is 0. The molecule has 0 saturated heterocycles. The summed E-state index contributed by atoms with van der Waals surface area (Å²) in [7, 11) is 0. The minimum absolute atomic E-state index is 0. The molecule has 1 aromatic heterocycles. The predicted octanol–water partition coefficient (Wildman–Crippen LogP) is 1.61. The van der Waals surface area contributed by atoms with Gasteiger partial charge in [-0.2, -0.15) is 0 Å². The number of hydrogen-bond acceptors (Lipinski definition) is 1. The van der Waals surface area contributed by atoms with Gasteiger partial charge in [-0.25, -0.2) is 5.70 Å². The van der Waals surface area contributed by atoms with Crippen LogP contribution in [0.4, 0.5) is 0 Å². The summed E-state index contributed by atoms with van der Waals surface area (Å²) in [5.41, 5.74) is 0.775. The van der Waals surface area contributed by atoms with Gasteiger partial charge in [-0.05, 0) is 0 Å². The molecule has 0 unspecified atom stereocenters. The summed E-state index contributed by atoms with van der Waals surface area (Å²) >= 11 is 0. The van der Waals surface area contributed by atoms with Crippen LogP contribution in [0.15, 0.2) is 12.4 Å². The molecular formula is C8H10N2Y-2. The molecule has 0 aliphatic carbocycles. The summed E-state index contributed by atoms with van der Waals surface area (Å²) in [6.45, 7) is 9.75.